The number of amides is 1. The Labute approximate surface area is 259 Å². The number of carbonyl (C=O) groups is 1. The largest absolute Gasteiger partial charge is 0.496 e. The molecule has 1 aliphatic carbocycles. The summed E-state index contributed by atoms with van der Waals surface area (Å²) in [6.07, 6.45) is 5.72. The average molecular weight is 629 g/mol. The molecule has 2 atom stereocenters. The normalized spacial score (nSPS) is 19.8. The van der Waals surface area contributed by atoms with E-state index in [-0.39, 0.29) is 35.7 Å². The lowest BCUT2D eigenvalue weighted by Crippen LogP contribution is -2.59. The van der Waals surface area contributed by atoms with Crippen molar-refractivity contribution in [1.29, 1.82) is 0 Å². The van der Waals surface area contributed by atoms with Crippen LogP contribution in [0.15, 0.2) is 42.1 Å². The number of hydrogen-bond donors (Lipinski definition) is 2. The van der Waals surface area contributed by atoms with Crippen LogP contribution in [0.3, 0.4) is 0 Å². The van der Waals surface area contributed by atoms with Crippen LogP contribution < -0.4 is 20.1 Å². The van der Waals surface area contributed by atoms with E-state index in [4.69, 9.17) is 21.1 Å². The first-order valence-corrected chi connectivity index (χ1v) is 15.9. The number of nitrogens with one attached hydrogen (secondary N) is 2. The fraction of sp³-hybridized carbons (Fsp3) is 0.438. The van der Waals surface area contributed by atoms with Crippen LogP contribution in [0, 0.1) is 18.6 Å². The summed E-state index contributed by atoms with van der Waals surface area (Å²) in [6, 6.07) is 8.64. The van der Waals surface area contributed by atoms with Crippen LogP contribution in [0.2, 0.25) is 5.02 Å². The van der Waals surface area contributed by atoms with Crippen LogP contribution in [-0.4, -0.2) is 60.7 Å². The zero-order chi connectivity index (χ0) is 30.1. The third-order valence-electron chi connectivity index (χ3n) is 8.37. The molecule has 2 fully saturated rings. The number of aryl methyl sites for hydroxylation is 1. The number of nitrogens with zero attached hydrogens (tertiary/aromatic N) is 2. The lowest BCUT2D eigenvalue weighted by molar-refractivity contribution is -0.128. The van der Waals surface area contributed by atoms with Crippen LogP contribution in [0.5, 0.6) is 11.5 Å². The zero-order valence-electron chi connectivity index (χ0n) is 24.2. The molecule has 1 aromatic heterocycles. The minimum Gasteiger partial charge on any atom is -0.496 e. The van der Waals surface area contributed by atoms with Gasteiger partial charge in [0, 0.05) is 49.9 Å². The number of rotatable bonds is 11. The number of fused-ring (bicyclic) bond motifs is 2. The first-order valence-electron chi connectivity index (χ1n) is 14.7. The number of ether oxygens (including phenoxy) is 2. The summed E-state index contributed by atoms with van der Waals surface area (Å²) in [4.78, 5) is 22.1. The molecule has 7 nitrogen and oxygen atoms in total. The molecule has 2 N–H and O–H groups in total. The topological polar surface area (TPSA) is 75.7 Å². The Morgan fingerprint density at radius 2 is 2.05 bits per heavy atom. The summed E-state index contributed by atoms with van der Waals surface area (Å²) in [5.41, 5.74) is 4.03. The zero-order valence-corrected chi connectivity index (χ0v) is 25.8. The summed E-state index contributed by atoms with van der Waals surface area (Å²) in [5.74, 6) is -1.23. The van der Waals surface area contributed by atoms with E-state index in [1.807, 2.05) is 30.2 Å². The number of aromatic nitrogens is 1. The van der Waals surface area contributed by atoms with Gasteiger partial charge in [-0.1, -0.05) is 23.7 Å². The van der Waals surface area contributed by atoms with Gasteiger partial charge in [0.15, 0.2) is 17.4 Å². The Morgan fingerprint density at radius 3 is 2.84 bits per heavy atom. The van der Waals surface area contributed by atoms with Gasteiger partial charge in [-0.15, -0.1) is 11.3 Å². The second-order valence-corrected chi connectivity index (χ2v) is 12.8. The summed E-state index contributed by atoms with van der Waals surface area (Å²) in [5, 5.41) is 7.88. The molecular formula is C32H35ClF2N4O3S. The standard InChI is InChI=1S/C32H35ClF2N4O3S/c1-18-19(5-3-6-26(18)41-2)17-39(21-8-9-21)32(40)29-22(13-20-14-36-15-25(29)38-20)27-16-37-28(43-27)7-4-12-42-31-24(34)11-10-23(33)30(31)35/h3,5-6,10-11,16,20-21,25,36,38H,4,7-9,12-15,17H2,1-2H3. The number of methoxy groups -OCH3 is 1. The van der Waals surface area contributed by atoms with Crippen molar-refractivity contribution in [1.82, 2.24) is 20.5 Å². The maximum absolute atomic E-state index is 14.4. The van der Waals surface area contributed by atoms with E-state index in [0.717, 1.165) is 69.8 Å². The molecule has 3 heterocycles. The van der Waals surface area contributed by atoms with E-state index in [2.05, 4.69) is 21.7 Å². The van der Waals surface area contributed by atoms with E-state index in [0.29, 0.717) is 25.9 Å². The summed E-state index contributed by atoms with van der Waals surface area (Å²) in [6.45, 7) is 4.23. The first kappa shape index (κ1) is 30.0. The Kier molecular flexibility index (Phi) is 9.00. The maximum Gasteiger partial charge on any atom is 0.252 e. The Hall–Kier alpha value is -3.05. The molecule has 0 radical (unpaired) electrons. The molecule has 11 heteroatoms. The first-order chi connectivity index (χ1) is 20.8. The third-order valence-corrected chi connectivity index (χ3v) is 9.78. The van der Waals surface area contributed by atoms with Crippen molar-refractivity contribution in [2.24, 2.45) is 0 Å². The number of piperazine rings is 1. The number of halogens is 3. The highest BCUT2D eigenvalue weighted by Crippen LogP contribution is 2.38. The van der Waals surface area contributed by atoms with E-state index >= 15 is 0 Å². The van der Waals surface area contributed by atoms with Gasteiger partial charge in [0.1, 0.15) is 5.75 Å². The SMILES string of the molecule is COc1cccc(CN(C(=O)C2=C(c3cnc(CCCOc4c(F)ccc(Cl)c4F)s3)CC3CNCC2N3)C2CC2)c1C. The molecule has 2 unspecified atom stereocenters. The van der Waals surface area contributed by atoms with Crippen LogP contribution >= 0.6 is 22.9 Å². The van der Waals surface area contributed by atoms with Gasteiger partial charge in [0.05, 0.1) is 34.7 Å². The highest BCUT2D eigenvalue weighted by atomic mass is 35.5. The molecule has 2 bridgehead atoms. The van der Waals surface area contributed by atoms with Gasteiger partial charge in [-0.3, -0.25) is 4.79 Å². The summed E-state index contributed by atoms with van der Waals surface area (Å²) >= 11 is 7.34. The van der Waals surface area contributed by atoms with Crippen molar-refractivity contribution in [2.45, 2.75) is 63.7 Å². The van der Waals surface area contributed by atoms with Gasteiger partial charge < -0.3 is 25.0 Å². The molecule has 0 spiro atoms. The van der Waals surface area contributed by atoms with Gasteiger partial charge in [0.25, 0.3) is 5.91 Å². The average Bonchev–Trinajstić information content (AvgIpc) is 3.74. The molecule has 43 heavy (non-hydrogen) atoms. The van der Waals surface area contributed by atoms with Crippen molar-refractivity contribution in [2.75, 3.05) is 26.8 Å². The molecular weight excluding hydrogens is 594 g/mol. The van der Waals surface area contributed by atoms with E-state index in [1.54, 1.807) is 18.4 Å². The van der Waals surface area contributed by atoms with E-state index in [9.17, 15) is 13.6 Å². The smallest absolute Gasteiger partial charge is 0.252 e. The fourth-order valence-electron chi connectivity index (χ4n) is 5.95. The van der Waals surface area contributed by atoms with Crippen molar-refractivity contribution >= 4 is 34.4 Å². The third kappa shape index (κ3) is 6.43. The fourth-order valence-corrected chi connectivity index (χ4v) is 7.12. The summed E-state index contributed by atoms with van der Waals surface area (Å²) in [7, 11) is 1.67. The minimum absolute atomic E-state index is 0.0771. The number of thiazole rings is 1. The second-order valence-electron chi connectivity index (χ2n) is 11.3. The van der Waals surface area contributed by atoms with Crippen LogP contribution in [0.4, 0.5) is 8.78 Å². The summed E-state index contributed by atoms with van der Waals surface area (Å²) < 4.78 is 39.1. The molecule has 1 saturated heterocycles. The lowest BCUT2D eigenvalue weighted by Gasteiger charge is -2.40. The molecule has 1 saturated carbocycles. The minimum atomic E-state index is -0.893. The van der Waals surface area contributed by atoms with Crippen molar-refractivity contribution in [3.05, 3.63) is 79.8 Å². The predicted octanol–water partition coefficient (Wildman–Crippen LogP) is 5.68. The quantitative estimate of drug-likeness (QED) is 0.210. The molecule has 2 aliphatic heterocycles. The maximum atomic E-state index is 14.4. The number of benzene rings is 2. The van der Waals surface area contributed by atoms with Crippen molar-refractivity contribution in [3.8, 4) is 11.5 Å². The molecule has 2 aromatic carbocycles. The number of hydrogen-bond acceptors (Lipinski definition) is 7. The van der Waals surface area contributed by atoms with Gasteiger partial charge >= 0.3 is 0 Å². The van der Waals surface area contributed by atoms with Gasteiger partial charge in [0.2, 0.25) is 0 Å². The highest BCUT2D eigenvalue weighted by molar-refractivity contribution is 7.12. The van der Waals surface area contributed by atoms with Crippen LogP contribution in [0.1, 0.15) is 46.7 Å². The molecule has 6 rings (SSSR count). The number of carbonyl (C=O) groups excluding carboxylic acids is 1. The second kappa shape index (κ2) is 12.9. The molecule has 228 valence electrons. The van der Waals surface area contributed by atoms with Gasteiger partial charge in [-0.05, 0) is 67.5 Å². The van der Waals surface area contributed by atoms with Crippen LogP contribution in [0.25, 0.3) is 5.57 Å². The van der Waals surface area contributed by atoms with E-state index in [1.165, 1.54) is 6.07 Å². The Morgan fingerprint density at radius 1 is 1.21 bits per heavy atom. The Bertz CT molecular complexity index is 1540. The van der Waals surface area contributed by atoms with Gasteiger partial charge in [-0.25, -0.2) is 13.8 Å². The Balaban J connectivity index is 1.21. The van der Waals surface area contributed by atoms with Crippen molar-refractivity contribution < 1.29 is 23.0 Å². The molecule has 1 amide bonds. The predicted molar refractivity (Wildman–Crippen MR) is 164 cm³/mol. The lowest BCUT2D eigenvalue weighted by atomic mass is 9.86. The van der Waals surface area contributed by atoms with Gasteiger partial charge in [-0.2, -0.15) is 0 Å². The molecule has 3 aliphatic rings. The van der Waals surface area contributed by atoms with Crippen LogP contribution in [-0.2, 0) is 17.8 Å². The molecule has 3 aromatic rings. The van der Waals surface area contributed by atoms with Crippen molar-refractivity contribution in [3.63, 3.8) is 0 Å². The monoisotopic (exact) mass is 628 g/mol. The van der Waals surface area contributed by atoms with E-state index < -0.39 is 17.4 Å². The highest BCUT2D eigenvalue weighted by Gasteiger charge is 2.41.